The predicted molar refractivity (Wildman–Crippen MR) is 175 cm³/mol. The van der Waals surface area contributed by atoms with Crippen molar-refractivity contribution in [2.75, 3.05) is 32.1 Å². The number of rotatable bonds is 10. The Labute approximate surface area is 286 Å². The van der Waals surface area contributed by atoms with Crippen LogP contribution in [0.1, 0.15) is 45.4 Å². The third-order valence-electron chi connectivity index (χ3n) is 7.95. The van der Waals surface area contributed by atoms with Gasteiger partial charge >= 0.3 is 6.09 Å². The second-order valence-electron chi connectivity index (χ2n) is 12.5. The molecule has 2 fully saturated rings. The highest BCUT2D eigenvalue weighted by Gasteiger charge is 2.48. The summed E-state index contributed by atoms with van der Waals surface area (Å²) in [5, 5.41) is 23.4. The summed E-state index contributed by atoms with van der Waals surface area (Å²) in [4.78, 5) is 54.9. The molecule has 4 atom stereocenters. The average molecular weight is 700 g/mol. The van der Waals surface area contributed by atoms with Crippen LogP contribution in [0.5, 0.6) is 5.75 Å². The van der Waals surface area contributed by atoms with E-state index in [4.69, 9.17) is 31.3 Å². The predicted octanol–water partition coefficient (Wildman–Crippen LogP) is 2.67. The van der Waals surface area contributed by atoms with E-state index in [1.807, 2.05) is 0 Å². The van der Waals surface area contributed by atoms with Gasteiger partial charge in [0.1, 0.15) is 35.9 Å². The highest BCUT2D eigenvalue weighted by atomic mass is 35.5. The fraction of sp³-hybridized carbons (Fsp3) is 0.533. The molecule has 2 aromatic heterocycles. The topological polar surface area (TPSA) is 231 Å². The van der Waals surface area contributed by atoms with Gasteiger partial charge < -0.3 is 40.2 Å². The minimum Gasteiger partial charge on any atom is -0.483 e. The largest absolute Gasteiger partial charge is 0.483 e. The van der Waals surface area contributed by atoms with Gasteiger partial charge in [-0.3, -0.25) is 14.2 Å². The molecule has 0 saturated carbocycles. The molecule has 0 aliphatic carbocycles. The summed E-state index contributed by atoms with van der Waals surface area (Å²) in [6.45, 7) is 6.33. The number of fused-ring (bicyclic) bond motifs is 1. The summed E-state index contributed by atoms with van der Waals surface area (Å²) in [5.74, 6) is 0.0361. The van der Waals surface area contributed by atoms with Gasteiger partial charge in [-0.15, -0.1) is 0 Å². The van der Waals surface area contributed by atoms with Crippen molar-refractivity contribution in [2.45, 2.75) is 76.3 Å². The van der Waals surface area contributed by atoms with E-state index in [1.165, 1.54) is 24.3 Å². The van der Waals surface area contributed by atoms with Crippen LogP contribution < -0.4 is 20.7 Å². The number of nitrogens with one attached hydrogen (secondary N) is 3. The zero-order chi connectivity index (χ0) is 35.3. The van der Waals surface area contributed by atoms with Crippen molar-refractivity contribution in [2.24, 2.45) is 5.11 Å². The number of aliphatic hydroxyl groups is 1. The minimum absolute atomic E-state index is 0.0849. The van der Waals surface area contributed by atoms with E-state index in [9.17, 15) is 19.5 Å². The van der Waals surface area contributed by atoms with Gasteiger partial charge in [0.15, 0.2) is 29.8 Å². The second kappa shape index (κ2) is 15.1. The van der Waals surface area contributed by atoms with Gasteiger partial charge in [0.25, 0.3) is 5.91 Å². The van der Waals surface area contributed by atoms with Crippen molar-refractivity contribution < 1.29 is 33.7 Å². The summed E-state index contributed by atoms with van der Waals surface area (Å²) in [5.41, 5.74) is 9.66. The van der Waals surface area contributed by atoms with Gasteiger partial charge in [-0.1, -0.05) is 16.7 Å². The van der Waals surface area contributed by atoms with Crippen LogP contribution in [-0.4, -0.2) is 104 Å². The van der Waals surface area contributed by atoms with E-state index in [0.29, 0.717) is 53.6 Å². The van der Waals surface area contributed by atoms with Gasteiger partial charge in [-0.25, -0.2) is 19.7 Å². The van der Waals surface area contributed by atoms with Crippen LogP contribution in [0.4, 0.5) is 10.6 Å². The number of anilines is 1. The van der Waals surface area contributed by atoms with Crippen LogP contribution in [0.2, 0.25) is 5.02 Å². The maximum absolute atomic E-state index is 13.0. The Hall–Kier alpha value is -4.90. The molecule has 3 aromatic rings. The Morgan fingerprint density at radius 1 is 1.20 bits per heavy atom. The van der Waals surface area contributed by atoms with Crippen molar-refractivity contribution in [3.8, 4) is 5.75 Å². The maximum atomic E-state index is 13.0. The molecule has 2 aliphatic heterocycles. The molecule has 5 rings (SSSR count). The molecule has 49 heavy (non-hydrogen) atoms. The number of carbonyl (C=O) groups is 3. The number of azide groups is 1. The number of piperidine rings is 1. The van der Waals surface area contributed by atoms with Crippen LogP contribution >= 0.6 is 11.6 Å². The van der Waals surface area contributed by atoms with E-state index in [1.54, 1.807) is 43.9 Å². The van der Waals surface area contributed by atoms with Crippen LogP contribution in [-0.2, 0) is 25.6 Å². The number of hydrogen-bond donors (Lipinski definition) is 4. The lowest BCUT2D eigenvalue weighted by molar-refractivity contribution is -0.135. The van der Waals surface area contributed by atoms with Crippen LogP contribution in [0, 0.1) is 0 Å². The number of nitrogens with zero attached hydrogens (tertiary/aromatic N) is 8. The number of hydrogen-bond acceptors (Lipinski definition) is 12. The van der Waals surface area contributed by atoms with E-state index < -0.39 is 42.1 Å². The highest BCUT2D eigenvalue weighted by Crippen LogP contribution is 2.34. The van der Waals surface area contributed by atoms with E-state index in [-0.39, 0.29) is 30.7 Å². The van der Waals surface area contributed by atoms with E-state index in [0.717, 1.165) is 0 Å². The first-order valence-corrected chi connectivity index (χ1v) is 16.0. The summed E-state index contributed by atoms with van der Waals surface area (Å²) >= 11 is 6.30. The van der Waals surface area contributed by atoms with Crippen LogP contribution in [0.15, 0.2) is 36.0 Å². The third kappa shape index (κ3) is 8.40. The molecule has 0 unspecified atom stereocenters. The van der Waals surface area contributed by atoms with E-state index in [2.05, 4.69) is 40.9 Å². The van der Waals surface area contributed by atoms with Crippen LogP contribution in [0.25, 0.3) is 21.6 Å². The fourth-order valence-corrected chi connectivity index (χ4v) is 5.78. The first kappa shape index (κ1) is 35.4. The standard InChI is InChI=1S/C30H38ClN11O7/c1-30(2,3)49-29(46)38-18-7-9-41(10-8-18)20(43)13-47-19-6-5-17(31)11-16(19)12-34-25-22-26(36-14-35-25)42(15-37-22)28-23(44)21(39-40-32)24(48-28)27(45)33-4/h5-6,11,14-15,18,21,23-24,28,44H,7-10,12-13H2,1-4H3,(H,33,45)(H,38,46)(H,34,35,36)/t21-,23+,24-,28+/m0/s1. The van der Waals surface area contributed by atoms with Crippen LogP contribution in [0.3, 0.4) is 0 Å². The molecule has 18 nitrogen and oxygen atoms in total. The van der Waals surface area contributed by atoms with Gasteiger partial charge in [0.05, 0.1) is 6.33 Å². The molecule has 4 heterocycles. The van der Waals surface area contributed by atoms with Crippen molar-refractivity contribution in [1.29, 1.82) is 0 Å². The third-order valence-corrected chi connectivity index (χ3v) is 8.18. The number of benzene rings is 1. The maximum Gasteiger partial charge on any atom is 0.407 e. The average Bonchev–Trinajstić information content (AvgIpc) is 3.63. The number of aromatic nitrogens is 4. The Morgan fingerprint density at radius 3 is 2.65 bits per heavy atom. The molecular formula is C30H38ClN11O7. The van der Waals surface area contributed by atoms with Gasteiger partial charge in [0, 0.05) is 48.2 Å². The summed E-state index contributed by atoms with van der Waals surface area (Å²) < 4.78 is 18.5. The van der Waals surface area contributed by atoms with Gasteiger partial charge in [-0.2, -0.15) is 0 Å². The monoisotopic (exact) mass is 699 g/mol. The number of ether oxygens (including phenoxy) is 3. The van der Waals surface area contributed by atoms with Crippen molar-refractivity contribution in [1.82, 2.24) is 35.1 Å². The molecule has 2 saturated heterocycles. The lowest BCUT2D eigenvalue weighted by Gasteiger charge is -2.32. The van der Waals surface area contributed by atoms with Gasteiger partial charge in [-0.05, 0) is 57.3 Å². The number of carbonyl (C=O) groups excluding carboxylic acids is 3. The summed E-state index contributed by atoms with van der Waals surface area (Å²) in [6.07, 6.45) is -0.311. The second-order valence-corrected chi connectivity index (χ2v) is 12.9. The molecule has 0 radical (unpaired) electrons. The Bertz CT molecular complexity index is 1730. The molecule has 262 valence electrons. The number of likely N-dealkylation sites (tertiary alicyclic amines) is 1. The molecule has 19 heteroatoms. The number of likely N-dealkylation sites (N-methyl/N-ethyl adjacent to an activating group) is 1. The van der Waals surface area contributed by atoms with Gasteiger partial charge in [0.2, 0.25) is 5.91 Å². The van der Waals surface area contributed by atoms with E-state index >= 15 is 0 Å². The quantitative estimate of drug-likeness (QED) is 0.136. The first-order valence-electron chi connectivity index (χ1n) is 15.6. The molecule has 1 aromatic carbocycles. The van der Waals surface area contributed by atoms with Crippen molar-refractivity contribution in [3.63, 3.8) is 0 Å². The molecule has 0 bridgehead atoms. The number of halogens is 1. The normalized spacial score (nSPS) is 21.1. The zero-order valence-corrected chi connectivity index (χ0v) is 28.1. The Balaban J connectivity index is 1.21. The highest BCUT2D eigenvalue weighted by molar-refractivity contribution is 6.30. The number of aliphatic hydroxyl groups excluding tert-OH is 1. The zero-order valence-electron chi connectivity index (χ0n) is 27.4. The smallest absolute Gasteiger partial charge is 0.407 e. The SMILES string of the molecule is CNC(=O)[C@H]1O[C@@H](n2cnc3c(NCc4cc(Cl)ccc4OCC(=O)N4CCC(NC(=O)OC(C)(C)C)CC4)ncnc32)[C@H](O)[C@@H]1N=[N+]=[N-]. The van der Waals surface area contributed by atoms with Crippen molar-refractivity contribution >= 4 is 46.5 Å². The fourth-order valence-electron chi connectivity index (χ4n) is 5.59. The lowest BCUT2D eigenvalue weighted by Crippen LogP contribution is -2.48. The number of alkyl carbamates (subject to hydrolysis) is 1. The summed E-state index contributed by atoms with van der Waals surface area (Å²) in [6, 6.07) is 3.78. The molecule has 2 aliphatic rings. The summed E-state index contributed by atoms with van der Waals surface area (Å²) in [7, 11) is 1.41. The Morgan fingerprint density at radius 2 is 1.96 bits per heavy atom. The molecular weight excluding hydrogens is 662 g/mol. The number of amides is 3. The molecule has 0 spiro atoms. The minimum atomic E-state index is -1.36. The Kier molecular flexibility index (Phi) is 10.9. The number of imidazole rings is 1. The molecule has 3 amide bonds. The lowest BCUT2D eigenvalue weighted by atomic mass is 10.1. The first-order chi connectivity index (χ1) is 23.4. The molecule has 4 N–H and O–H groups in total. The van der Waals surface area contributed by atoms with Crippen molar-refractivity contribution in [3.05, 3.63) is 51.9 Å².